The molecule has 0 saturated heterocycles. The molecule has 0 unspecified atom stereocenters. The van der Waals surface area contributed by atoms with E-state index < -0.39 is 0 Å². The molecule has 2 N–H and O–H groups in total. The minimum Gasteiger partial charge on any atom is -0.466 e. The lowest BCUT2D eigenvalue weighted by molar-refractivity contribution is -0.183. The summed E-state index contributed by atoms with van der Waals surface area (Å²) in [6, 6.07) is 1.04. The second kappa shape index (κ2) is 10.3. The topological polar surface area (TPSA) is 67.8 Å². The first-order valence-corrected chi connectivity index (χ1v) is 15.0. The van der Waals surface area contributed by atoms with Gasteiger partial charge in [-0.05, 0) is 106 Å². The predicted octanol–water partition coefficient (Wildman–Crippen LogP) is 5.49. The maximum absolute atomic E-state index is 13.1. The summed E-state index contributed by atoms with van der Waals surface area (Å²) in [4.78, 5) is 13.1. The number of hydrogen-bond acceptors (Lipinski definition) is 5. The summed E-state index contributed by atoms with van der Waals surface area (Å²) in [5.41, 5.74) is 0.202. The summed E-state index contributed by atoms with van der Waals surface area (Å²) in [5, 5.41) is 15.2. The zero-order valence-electron chi connectivity index (χ0n) is 22.8. The lowest BCUT2D eigenvalue weighted by Gasteiger charge is -2.64. The number of hydrogen-bond donors (Lipinski definition) is 2. The molecule has 5 nitrogen and oxygen atoms in total. The molecule has 5 fully saturated rings. The molecule has 5 saturated carbocycles. The number of fused-ring (bicyclic) bond motifs is 5. The van der Waals surface area contributed by atoms with E-state index in [4.69, 9.17) is 9.47 Å². The van der Waals surface area contributed by atoms with E-state index in [1.165, 1.54) is 44.9 Å². The van der Waals surface area contributed by atoms with Crippen LogP contribution in [-0.2, 0) is 14.3 Å². The van der Waals surface area contributed by atoms with Crippen molar-refractivity contribution in [3.63, 3.8) is 0 Å². The predicted molar refractivity (Wildman–Crippen MR) is 138 cm³/mol. The summed E-state index contributed by atoms with van der Waals surface area (Å²) >= 11 is 0. The number of rotatable bonds is 6. The highest BCUT2D eigenvalue weighted by Gasteiger charge is 2.65. The Bertz CT molecular complexity index is 753. The van der Waals surface area contributed by atoms with Crippen LogP contribution in [0.2, 0.25) is 0 Å². The normalized spacial score (nSPS) is 48.0. The van der Waals surface area contributed by atoms with E-state index in [-0.39, 0.29) is 34.9 Å². The van der Waals surface area contributed by atoms with E-state index in [9.17, 15) is 9.90 Å². The molecule has 5 heteroatoms. The number of carbonyl (C=O) groups excluding carboxylic acids is 1. The second-order valence-corrected chi connectivity index (χ2v) is 13.3. The lowest BCUT2D eigenvalue weighted by Crippen LogP contribution is -2.65. The van der Waals surface area contributed by atoms with Gasteiger partial charge in [0.25, 0.3) is 0 Å². The lowest BCUT2D eigenvalue weighted by atomic mass is 9.43. The average molecular weight is 490 g/mol. The third kappa shape index (κ3) is 4.50. The highest BCUT2D eigenvalue weighted by Crippen LogP contribution is 2.67. The fraction of sp³-hybridized carbons (Fsp3) is 0.967. The molecule has 35 heavy (non-hydrogen) atoms. The van der Waals surface area contributed by atoms with Crippen LogP contribution in [0.25, 0.3) is 0 Å². The van der Waals surface area contributed by atoms with E-state index in [0.29, 0.717) is 49.0 Å². The van der Waals surface area contributed by atoms with E-state index in [2.05, 4.69) is 26.1 Å². The minimum atomic E-state index is -0.331. The smallest absolute Gasteiger partial charge is 0.309 e. The number of ether oxygens (including phenoxy) is 2. The van der Waals surface area contributed by atoms with Gasteiger partial charge in [-0.1, -0.05) is 33.1 Å². The van der Waals surface area contributed by atoms with Crippen LogP contribution in [-0.4, -0.2) is 48.6 Å². The molecule has 200 valence electrons. The van der Waals surface area contributed by atoms with Crippen molar-refractivity contribution in [2.24, 2.45) is 40.4 Å². The molecule has 0 amide bonds. The van der Waals surface area contributed by atoms with E-state index in [1.807, 2.05) is 6.92 Å². The molecular formula is C30H51NO4. The molecule has 0 aromatic heterocycles. The molecule has 5 aliphatic rings. The SMILES string of the molecule is CCOC(=O)[C@H]1CC[C@H]2[C@@H]3CC[C@H]4C[C@H](O)[C@@H](OCC)C[C@]4(C)[C@H]3[C@H](NC3CCCCC3)C[C@]12C. The van der Waals surface area contributed by atoms with E-state index in [1.54, 1.807) is 0 Å². The summed E-state index contributed by atoms with van der Waals surface area (Å²) in [5.74, 6) is 2.49. The van der Waals surface area contributed by atoms with Gasteiger partial charge < -0.3 is 19.9 Å². The Labute approximate surface area is 213 Å². The molecule has 0 heterocycles. The van der Waals surface area contributed by atoms with Gasteiger partial charge in [-0.15, -0.1) is 0 Å². The van der Waals surface area contributed by atoms with Gasteiger partial charge in [0.05, 0.1) is 24.7 Å². The Morgan fingerprint density at radius 1 is 0.943 bits per heavy atom. The highest BCUT2D eigenvalue weighted by molar-refractivity contribution is 5.74. The number of aliphatic hydroxyl groups excluding tert-OH is 1. The first-order valence-electron chi connectivity index (χ1n) is 15.0. The van der Waals surface area contributed by atoms with Crippen LogP contribution >= 0.6 is 0 Å². The largest absolute Gasteiger partial charge is 0.466 e. The van der Waals surface area contributed by atoms with Crippen molar-refractivity contribution in [1.29, 1.82) is 0 Å². The third-order valence-corrected chi connectivity index (χ3v) is 11.6. The monoisotopic (exact) mass is 489 g/mol. The third-order valence-electron chi connectivity index (χ3n) is 11.6. The second-order valence-electron chi connectivity index (χ2n) is 13.3. The zero-order valence-corrected chi connectivity index (χ0v) is 22.8. The van der Waals surface area contributed by atoms with Gasteiger partial charge >= 0.3 is 5.97 Å². The van der Waals surface area contributed by atoms with Gasteiger partial charge in [0.2, 0.25) is 0 Å². The van der Waals surface area contributed by atoms with Crippen LogP contribution in [0.4, 0.5) is 0 Å². The van der Waals surface area contributed by atoms with E-state index in [0.717, 1.165) is 32.1 Å². The van der Waals surface area contributed by atoms with Gasteiger partial charge in [0.1, 0.15) is 0 Å². The van der Waals surface area contributed by atoms with Crippen molar-refractivity contribution in [3.05, 3.63) is 0 Å². The molecule has 5 aliphatic carbocycles. The quantitative estimate of drug-likeness (QED) is 0.483. The van der Waals surface area contributed by atoms with Gasteiger partial charge in [0.15, 0.2) is 0 Å². The maximum Gasteiger partial charge on any atom is 0.309 e. The van der Waals surface area contributed by atoms with Crippen LogP contribution in [0.1, 0.15) is 105 Å². The first-order chi connectivity index (χ1) is 16.8. The molecule has 5 rings (SSSR count). The Kier molecular flexibility index (Phi) is 7.61. The highest BCUT2D eigenvalue weighted by atomic mass is 16.5. The molecule has 10 atom stereocenters. The molecule has 0 aromatic carbocycles. The summed E-state index contributed by atoms with van der Waals surface area (Å²) in [6.07, 6.45) is 13.8. The van der Waals surface area contributed by atoms with E-state index >= 15 is 0 Å². The van der Waals surface area contributed by atoms with Crippen LogP contribution in [0.15, 0.2) is 0 Å². The van der Waals surface area contributed by atoms with Crippen LogP contribution in [0, 0.1) is 40.4 Å². The van der Waals surface area contributed by atoms with Crippen LogP contribution in [0.3, 0.4) is 0 Å². The standard InChI is InChI=1S/C30H51NO4/c1-5-34-26-18-29(3)19(16-25(26)32)12-13-21-22-14-15-23(28(33)35-6-2)30(22,4)17-24(27(21)29)31-20-10-8-7-9-11-20/h19-27,31-32H,5-18H2,1-4H3/t19-,21-,22-,23+,24+,25-,26-,27+,29-,30-/m0/s1. The van der Waals surface area contributed by atoms with Crippen molar-refractivity contribution in [3.8, 4) is 0 Å². The van der Waals surface area contributed by atoms with Gasteiger partial charge in [-0.25, -0.2) is 0 Å². The van der Waals surface area contributed by atoms with Gasteiger partial charge in [-0.2, -0.15) is 0 Å². The van der Waals surface area contributed by atoms with Gasteiger partial charge in [0, 0.05) is 18.7 Å². The first kappa shape index (κ1) is 26.0. The Morgan fingerprint density at radius 3 is 2.43 bits per heavy atom. The van der Waals surface area contributed by atoms with Crippen molar-refractivity contribution in [2.75, 3.05) is 13.2 Å². The molecule has 0 bridgehead atoms. The molecule has 0 radical (unpaired) electrons. The van der Waals surface area contributed by atoms with Gasteiger partial charge in [-0.3, -0.25) is 4.79 Å². The summed E-state index contributed by atoms with van der Waals surface area (Å²) < 4.78 is 11.7. The fourth-order valence-electron chi connectivity index (χ4n) is 10.2. The number of nitrogens with one attached hydrogen (secondary N) is 1. The fourth-order valence-corrected chi connectivity index (χ4v) is 10.2. The number of esters is 1. The van der Waals surface area contributed by atoms with Crippen molar-refractivity contribution in [2.45, 2.75) is 129 Å². The van der Waals surface area contributed by atoms with Crippen molar-refractivity contribution >= 4 is 5.97 Å². The number of aliphatic hydroxyl groups is 1. The van der Waals surface area contributed by atoms with Crippen LogP contribution in [0.5, 0.6) is 0 Å². The Hall–Kier alpha value is -0.650. The Balaban J connectivity index is 1.48. The summed E-state index contributed by atoms with van der Waals surface area (Å²) in [6.45, 7) is 10.1. The number of carbonyl (C=O) groups is 1. The molecular weight excluding hydrogens is 438 g/mol. The molecule has 0 aliphatic heterocycles. The summed E-state index contributed by atoms with van der Waals surface area (Å²) in [7, 11) is 0. The molecule has 0 aromatic rings. The van der Waals surface area contributed by atoms with Crippen LogP contribution < -0.4 is 5.32 Å². The Morgan fingerprint density at radius 2 is 1.71 bits per heavy atom. The maximum atomic E-state index is 13.1. The van der Waals surface area contributed by atoms with Crippen molar-refractivity contribution < 1.29 is 19.4 Å². The minimum absolute atomic E-state index is 0.0243. The zero-order chi connectivity index (χ0) is 24.8. The average Bonchev–Trinajstić information content (AvgIpc) is 3.17. The molecule has 0 spiro atoms. The van der Waals surface area contributed by atoms with Crippen molar-refractivity contribution in [1.82, 2.24) is 5.32 Å².